The van der Waals surface area contributed by atoms with E-state index in [0.717, 1.165) is 11.1 Å². The van der Waals surface area contributed by atoms with Crippen LogP contribution in [-0.4, -0.2) is 97.3 Å². The van der Waals surface area contributed by atoms with Gasteiger partial charge in [-0.05, 0) is 38.8 Å². The van der Waals surface area contributed by atoms with E-state index in [1.54, 1.807) is 0 Å². The van der Waals surface area contributed by atoms with Crippen molar-refractivity contribution in [3.63, 3.8) is 0 Å². The van der Waals surface area contributed by atoms with Crippen molar-refractivity contribution in [2.45, 2.75) is 121 Å². The molecular weight excluding hydrogens is 600 g/mol. The van der Waals surface area contributed by atoms with E-state index in [9.17, 15) is 9.90 Å². The van der Waals surface area contributed by atoms with E-state index >= 15 is 0 Å². The summed E-state index contributed by atoms with van der Waals surface area (Å²) < 4.78 is 61.1. The molecule has 6 rings (SSSR count). The molecule has 0 radical (unpaired) electrons. The fourth-order valence-corrected chi connectivity index (χ4v) is 6.35. The topological polar surface area (TPSA) is 130 Å². The summed E-state index contributed by atoms with van der Waals surface area (Å²) in [7, 11) is 0. The van der Waals surface area contributed by atoms with Crippen LogP contribution in [0.5, 0.6) is 0 Å². The highest BCUT2D eigenvalue weighted by Crippen LogP contribution is 2.44. The minimum atomic E-state index is -1.23. The van der Waals surface area contributed by atoms with Gasteiger partial charge in [-0.1, -0.05) is 60.7 Å². The Bertz CT molecular complexity index is 1290. The van der Waals surface area contributed by atoms with Gasteiger partial charge in [0.1, 0.15) is 42.7 Å². The molecule has 0 saturated carbocycles. The summed E-state index contributed by atoms with van der Waals surface area (Å²) in [5, 5.41) is 11.5. The molecule has 0 unspecified atom stereocenters. The van der Waals surface area contributed by atoms with Crippen LogP contribution < -0.4 is 0 Å². The minimum absolute atomic E-state index is 0.00965. The number of fused-ring (bicyclic) bond motifs is 3. The predicted molar refractivity (Wildman–Crippen MR) is 160 cm³/mol. The van der Waals surface area contributed by atoms with Crippen LogP contribution in [0.15, 0.2) is 60.7 Å². The number of rotatable bonds is 12. The van der Waals surface area contributed by atoms with Crippen LogP contribution >= 0.6 is 0 Å². The molecule has 12 heteroatoms. The van der Waals surface area contributed by atoms with Crippen molar-refractivity contribution in [3.8, 4) is 0 Å². The smallest absolute Gasteiger partial charge is 0.303 e. The lowest BCUT2D eigenvalue weighted by molar-refractivity contribution is -0.261. The first-order valence-corrected chi connectivity index (χ1v) is 15.7. The van der Waals surface area contributed by atoms with Crippen molar-refractivity contribution in [3.05, 3.63) is 71.8 Å². The number of hydrogen-bond donors (Lipinski definition) is 1. The van der Waals surface area contributed by atoms with E-state index in [4.69, 9.17) is 47.4 Å². The van der Waals surface area contributed by atoms with Crippen molar-refractivity contribution >= 4 is 5.97 Å². The molecule has 0 bridgehead atoms. The number of carbonyl (C=O) groups is 1. The standard InChI is InChI=1S/C34H44O12/c1-20(35)40-23(18-37-16-21-12-8-6-9-13-21)26-28(38-17-22-14-10-7-11-15-22)25(36)31(42-26)39-19-24-27-29(44-33(2,3)43-27)30-32(41-24)46-34(4,5)45-30/h6-15,23-32,36H,16-19H2,1-5H3/t23-,24-,25+,26-,27+,28-,29+,30-,31+,32-/m1/s1. The number of carbonyl (C=O) groups excluding carboxylic acids is 1. The second kappa shape index (κ2) is 13.9. The zero-order valence-electron chi connectivity index (χ0n) is 26.8. The van der Waals surface area contributed by atoms with Crippen molar-refractivity contribution in [1.29, 1.82) is 0 Å². The maximum Gasteiger partial charge on any atom is 0.303 e. The Balaban J connectivity index is 1.16. The lowest BCUT2D eigenvalue weighted by Crippen LogP contribution is -2.56. The maximum absolute atomic E-state index is 12.2. The highest BCUT2D eigenvalue weighted by molar-refractivity contribution is 5.66. The number of benzene rings is 2. The Morgan fingerprint density at radius 1 is 0.804 bits per heavy atom. The van der Waals surface area contributed by atoms with Gasteiger partial charge in [-0.2, -0.15) is 0 Å². The molecule has 252 valence electrons. The molecular formula is C34H44O12. The monoisotopic (exact) mass is 644 g/mol. The summed E-state index contributed by atoms with van der Waals surface area (Å²) in [6, 6.07) is 19.2. The van der Waals surface area contributed by atoms with E-state index in [-0.39, 0.29) is 19.8 Å². The van der Waals surface area contributed by atoms with Crippen LogP contribution in [0.1, 0.15) is 45.7 Å². The van der Waals surface area contributed by atoms with Crippen LogP contribution in [-0.2, 0) is 65.4 Å². The fourth-order valence-electron chi connectivity index (χ4n) is 6.35. The van der Waals surface area contributed by atoms with Gasteiger partial charge in [0.15, 0.2) is 30.3 Å². The highest BCUT2D eigenvalue weighted by atomic mass is 16.9. The Labute approximate surface area is 269 Å². The van der Waals surface area contributed by atoms with Gasteiger partial charge in [0.2, 0.25) is 0 Å². The summed E-state index contributed by atoms with van der Waals surface area (Å²) >= 11 is 0. The largest absolute Gasteiger partial charge is 0.457 e. The summed E-state index contributed by atoms with van der Waals surface area (Å²) in [6.45, 7) is 9.09. The third kappa shape index (κ3) is 7.79. The van der Waals surface area contributed by atoms with E-state index in [1.807, 2.05) is 88.4 Å². The third-order valence-electron chi connectivity index (χ3n) is 8.27. The van der Waals surface area contributed by atoms with Crippen LogP contribution in [0.4, 0.5) is 0 Å². The molecule has 1 N–H and O–H groups in total. The lowest BCUT2D eigenvalue weighted by atomic mass is 9.99. The summed E-state index contributed by atoms with van der Waals surface area (Å²) in [4.78, 5) is 12.2. The zero-order valence-corrected chi connectivity index (χ0v) is 26.8. The molecule has 10 atom stereocenters. The number of aliphatic hydroxyl groups is 1. The molecule has 0 aliphatic carbocycles. The number of hydrogen-bond acceptors (Lipinski definition) is 12. The normalized spacial score (nSPS) is 35.0. The maximum atomic E-state index is 12.2. The van der Waals surface area contributed by atoms with E-state index < -0.39 is 79.0 Å². The van der Waals surface area contributed by atoms with Gasteiger partial charge < -0.3 is 52.5 Å². The van der Waals surface area contributed by atoms with Crippen molar-refractivity contribution in [1.82, 2.24) is 0 Å². The molecule has 2 aromatic carbocycles. The average molecular weight is 645 g/mol. The Kier molecular flexibility index (Phi) is 10.1. The number of ether oxygens (including phenoxy) is 10. The average Bonchev–Trinajstić information content (AvgIpc) is 3.63. The fraction of sp³-hybridized carbons (Fsp3) is 0.618. The van der Waals surface area contributed by atoms with Gasteiger partial charge >= 0.3 is 5.97 Å². The Morgan fingerprint density at radius 3 is 2.09 bits per heavy atom. The third-order valence-corrected chi connectivity index (χ3v) is 8.27. The van der Waals surface area contributed by atoms with Gasteiger partial charge in [-0.25, -0.2) is 0 Å². The van der Waals surface area contributed by atoms with Crippen LogP contribution in [0, 0.1) is 0 Å². The molecule has 4 aliphatic heterocycles. The van der Waals surface area contributed by atoms with Gasteiger partial charge in [0.05, 0.1) is 26.4 Å². The first kappa shape index (κ1) is 33.4. The molecule has 4 aliphatic rings. The zero-order chi connectivity index (χ0) is 32.5. The molecule has 0 aromatic heterocycles. The first-order chi connectivity index (χ1) is 22.0. The summed E-state index contributed by atoms with van der Waals surface area (Å²) in [5.74, 6) is -2.25. The summed E-state index contributed by atoms with van der Waals surface area (Å²) in [6.07, 6.45) is -7.82. The van der Waals surface area contributed by atoms with Crippen LogP contribution in [0.2, 0.25) is 0 Å². The second-order valence-corrected chi connectivity index (χ2v) is 12.9. The van der Waals surface area contributed by atoms with Crippen molar-refractivity contribution in [2.75, 3.05) is 13.2 Å². The number of aliphatic hydroxyl groups excluding tert-OH is 1. The first-order valence-electron chi connectivity index (χ1n) is 15.7. The van der Waals surface area contributed by atoms with E-state index in [1.165, 1.54) is 6.92 Å². The number of esters is 1. The summed E-state index contributed by atoms with van der Waals surface area (Å²) in [5.41, 5.74) is 1.87. The minimum Gasteiger partial charge on any atom is -0.457 e. The van der Waals surface area contributed by atoms with E-state index in [0.29, 0.717) is 6.61 Å². The SMILES string of the molecule is CC(=O)O[C@H](COCc1ccccc1)[C@H]1O[C@H](OC[C@H]2O[C@@H]3OC(C)(C)O[C@@H]3[C@H]3OC(C)(C)O[C@H]32)[C@@H](O)[C@H]1OCc1ccccc1. The van der Waals surface area contributed by atoms with Gasteiger partial charge in [0, 0.05) is 6.92 Å². The molecule has 12 nitrogen and oxygen atoms in total. The van der Waals surface area contributed by atoms with E-state index in [2.05, 4.69) is 0 Å². The second-order valence-electron chi connectivity index (χ2n) is 12.9. The van der Waals surface area contributed by atoms with Crippen LogP contribution in [0.3, 0.4) is 0 Å². The molecule has 4 fully saturated rings. The quantitative estimate of drug-likeness (QED) is 0.341. The van der Waals surface area contributed by atoms with Crippen molar-refractivity contribution in [2.24, 2.45) is 0 Å². The molecule has 46 heavy (non-hydrogen) atoms. The van der Waals surface area contributed by atoms with Gasteiger partial charge in [-0.3, -0.25) is 4.79 Å². The molecule has 4 saturated heterocycles. The lowest BCUT2D eigenvalue weighted by Gasteiger charge is -2.37. The molecule has 2 aromatic rings. The van der Waals surface area contributed by atoms with Gasteiger partial charge in [0.25, 0.3) is 0 Å². The Hall–Kier alpha value is -2.49. The molecule has 4 heterocycles. The Morgan fingerprint density at radius 2 is 1.41 bits per heavy atom. The predicted octanol–water partition coefficient (Wildman–Crippen LogP) is 3.22. The van der Waals surface area contributed by atoms with Gasteiger partial charge in [-0.15, -0.1) is 0 Å². The molecule has 0 amide bonds. The highest BCUT2D eigenvalue weighted by Gasteiger charge is 2.61. The van der Waals surface area contributed by atoms with Crippen LogP contribution in [0.25, 0.3) is 0 Å². The molecule has 0 spiro atoms. The van der Waals surface area contributed by atoms with Crippen molar-refractivity contribution < 1.29 is 57.3 Å².